The van der Waals surface area contributed by atoms with Crippen LogP contribution in [-0.2, 0) is 17.9 Å². The molecule has 120 valence electrons. The van der Waals surface area contributed by atoms with Crippen molar-refractivity contribution in [3.63, 3.8) is 0 Å². The molecule has 0 radical (unpaired) electrons. The molecule has 0 saturated carbocycles. The summed E-state index contributed by atoms with van der Waals surface area (Å²) < 4.78 is 1.63. The van der Waals surface area contributed by atoms with Crippen LogP contribution in [0.3, 0.4) is 0 Å². The molecule has 9 heteroatoms. The standard InChI is InChI=1S/C15H14N8O/c16-13-12-15(20-7-19-13)23(8-21-12)6-11(24)18-5-10-2-1-9-3-4-17-14(9)22-10/h1-4,7-8H,5-6H2,(H,17,22)(H,18,24)(H2,16,19,20). The molecule has 4 aromatic heterocycles. The maximum absolute atomic E-state index is 12.2. The van der Waals surface area contributed by atoms with Crippen LogP contribution in [0, 0.1) is 0 Å². The predicted octanol–water partition coefficient (Wildman–Crippen LogP) is 0.601. The first kappa shape index (κ1) is 14.1. The van der Waals surface area contributed by atoms with E-state index in [0.717, 1.165) is 16.7 Å². The molecule has 1 amide bonds. The number of rotatable bonds is 4. The molecule has 0 aliphatic rings. The molecule has 0 fully saturated rings. The van der Waals surface area contributed by atoms with Gasteiger partial charge in [0.05, 0.1) is 18.6 Å². The highest BCUT2D eigenvalue weighted by atomic mass is 16.1. The number of nitrogens with two attached hydrogens (primary N) is 1. The molecule has 9 nitrogen and oxygen atoms in total. The van der Waals surface area contributed by atoms with Crippen LogP contribution >= 0.6 is 0 Å². The normalized spacial score (nSPS) is 11.2. The Kier molecular flexibility index (Phi) is 3.30. The molecule has 0 aromatic carbocycles. The summed E-state index contributed by atoms with van der Waals surface area (Å²) in [5, 5.41) is 3.87. The third-order valence-corrected chi connectivity index (χ3v) is 3.68. The van der Waals surface area contributed by atoms with Crippen LogP contribution in [0.15, 0.2) is 37.1 Å². The number of hydrogen-bond donors (Lipinski definition) is 3. The fraction of sp³-hybridized carbons (Fsp3) is 0.133. The number of H-pyrrole nitrogens is 1. The zero-order valence-corrected chi connectivity index (χ0v) is 12.6. The number of nitrogens with one attached hydrogen (secondary N) is 2. The van der Waals surface area contributed by atoms with Gasteiger partial charge < -0.3 is 20.6 Å². The average molecular weight is 322 g/mol. The second kappa shape index (κ2) is 5.61. The lowest BCUT2D eigenvalue weighted by molar-refractivity contribution is -0.121. The number of carbonyl (C=O) groups is 1. The van der Waals surface area contributed by atoms with Gasteiger partial charge in [-0.2, -0.15) is 0 Å². The number of anilines is 1. The van der Waals surface area contributed by atoms with Crippen LogP contribution in [0.2, 0.25) is 0 Å². The molecule has 24 heavy (non-hydrogen) atoms. The van der Waals surface area contributed by atoms with Gasteiger partial charge in [-0.05, 0) is 18.2 Å². The molecule has 4 rings (SSSR count). The van der Waals surface area contributed by atoms with E-state index in [9.17, 15) is 4.79 Å². The Labute approximate surface area is 136 Å². The van der Waals surface area contributed by atoms with Crippen LogP contribution in [0.4, 0.5) is 5.82 Å². The van der Waals surface area contributed by atoms with Gasteiger partial charge in [0.15, 0.2) is 11.5 Å². The van der Waals surface area contributed by atoms with Gasteiger partial charge in [0, 0.05) is 11.6 Å². The zero-order valence-electron chi connectivity index (χ0n) is 12.6. The first-order chi connectivity index (χ1) is 11.7. The minimum absolute atomic E-state index is 0.0949. The number of imidazole rings is 1. The van der Waals surface area contributed by atoms with Crippen LogP contribution in [0.25, 0.3) is 22.2 Å². The van der Waals surface area contributed by atoms with Crippen molar-refractivity contribution in [2.24, 2.45) is 0 Å². The monoisotopic (exact) mass is 322 g/mol. The van der Waals surface area contributed by atoms with Gasteiger partial charge in [0.25, 0.3) is 0 Å². The molecule has 0 aliphatic carbocycles. The van der Waals surface area contributed by atoms with Crippen molar-refractivity contribution in [2.75, 3.05) is 5.73 Å². The van der Waals surface area contributed by atoms with E-state index in [4.69, 9.17) is 5.73 Å². The molecule has 0 spiro atoms. The molecule has 4 N–H and O–H groups in total. The largest absolute Gasteiger partial charge is 0.382 e. The Hall–Kier alpha value is -3.49. The lowest BCUT2D eigenvalue weighted by atomic mass is 10.3. The highest BCUT2D eigenvalue weighted by molar-refractivity contribution is 5.83. The summed E-state index contributed by atoms with van der Waals surface area (Å²) in [6, 6.07) is 5.79. The minimum Gasteiger partial charge on any atom is -0.382 e. The van der Waals surface area contributed by atoms with E-state index in [1.54, 1.807) is 4.57 Å². The molecule has 4 heterocycles. The predicted molar refractivity (Wildman–Crippen MR) is 87.7 cm³/mol. The SMILES string of the molecule is Nc1ncnc2c1ncn2CC(=O)NCc1ccc2cc[nH]c2n1. The molecule has 0 saturated heterocycles. The molecule has 0 bridgehead atoms. The highest BCUT2D eigenvalue weighted by Crippen LogP contribution is 2.14. The minimum atomic E-state index is -0.167. The quantitative estimate of drug-likeness (QED) is 0.505. The second-order valence-corrected chi connectivity index (χ2v) is 5.30. The van der Waals surface area contributed by atoms with Crippen molar-refractivity contribution in [3.8, 4) is 0 Å². The molecule has 0 unspecified atom stereocenters. The molecule has 0 atom stereocenters. The third-order valence-electron chi connectivity index (χ3n) is 3.68. The maximum Gasteiger partial charge on any atom is 0.240 e. The Morgan fingerprint density at radius 1 is 1.25 bits per heavy atom. The van der Waals surface area contributed by atoms with E-state index in [2.05, 4.69) is 30.2 Å². The number of aromatic amines is 1. The molecule has 0 aliphatic heterocycles. The number of pyridine rings is 1. The summed E-state index contributed by atoms with van der Waals surface area (Å²) in [4.78, 5) is 31.8. The lowest BCUT2D eigenvalue weighted by Gasteiger charge is -2.06. The Morgan fingerprint density at radius 3 is 3.08 bits per heavy atom. The van der Waals surface area contributed by atoms with E-state index in [1.165, 1.54) is 12.7 Å². The van der Waals surface area contributed by atoms with Crippen LogP contribution in [-0.4, -0.2) is 35.4 Å². The van der Waals surface area contributed by atoms with Gasteiger partial charge in [-0.3, -0.25) is 4.79 Å². The first-order valence-corrected chi connectivity index (χ1v) is 7.32. The van der Waals surface area contributed by atoms with Crippen molar-refractivity contribution in [1.29, 1.82) is 0 Å². The van der Waals surface area contributed by atoms with E-state index >= 15 is 0 Å². The smallest absolute Gasteiger partial charge is 0.240 e. The second-order valence-electron chi connectivity index (χ2n) is 5.30. The van der Waals surface area contributed by atoms with Crippen molar-refractivity contribution < 1.29 is 4.79 Å². The third kappa shape index (κ3) is 2.51. The van der Waals surface area contributed by atoms with Gasteiger partial charge in [0.1, 0.15) is 24.0 Å². The maximum atomic E-state index is 12.2. The van der Waals surface area contributed by atoms with Crippen molar-refractivity contribution in [1.82, 2.24) is 34.8 Å². The number of aromatic nitrogens is 6. The molecular weight excluding hydrogens is 308 g/mol. The lowest BCUT2D eigenvalue weighted by Crippen LogP contribution is -2.27. The summed E-state index contributed by atoms with van der Waals surface area (Å²) in [7, 11) is 0. The van der Waals surface area contributed by atoms with Gasteiger partial charge in [-0.15, -0.1) is 0 Å². The number of hydrogen-bond acceptors (Lipinski definition) is 6. The van der Waals surface area contributed by atoms with E-state index in [-0.39, 0.29) is 12.5 Å². The number of carbonyl (C=O) groups excluding carboxylic acids is 1. The summed E-state index contributed by atoms with van der Waals surface area (Å²) >= 11 is 0. The van der Waals surface area contributed by atoms with E-state index < -0.39 is 0 Å². The Bertz CT molecular complexity index is 1030. The number of nitrogens with zero attached hydrogens (tertiary/aromatic N) is 5. The van der Waals surface area contributed by atoms with Crippen molar-refractivity contribution >= 4 is 33.9 Å². The zero-order chi connectivity index (χ0) is 16.5. The van der Waals surface area contributed by atoms with E-state index in [1.807, 2.05) is 24.4 Å². The van der Waals surface area contributed by atoms with Gasteiger partial charge in [0.2, 0.25) is 5.91 Å². The van der Waals surface area contributed by atoms with Crippen molar-refractivity contribution in [2.45, 2.75) is 13.1 Å². The fourth-order valence-electron chi connectivity index (χ4n) is 2.48. The van der Waals surface area contributed by atoms with Gasteiger partial charge in [-0.25, -0.2) is 19.9 Å². The Balaban J connectivity index is 1.45. The van der Waals surface area contributed by atoms with E-state index in [0.29, 0.717) is 23.5 Å². The van der Waals surface area contributed by atoms with Gasteiger partial charge >= 0.3 is 0 Å². The number of nitrogen functional groups attached to an aromatic ring is 1. The van der Waals surface area contributed by atoms with Crippen LogP contribution < -0.4 is 11.1 Å². The molecule has 4 aromatic rings. The van der Waals surface area contributed by atoms with Crippen LogP contribution in [0.1, 0.15) is 5.69 Å². The summed E-state index contributed by atoms with van der Waals surface area (Å²) in [6.45, 7) is 0.440. The van der Waals surface area contributed by atoms with Crippen LogP contribution in [0.5, 0.6) is 0 Å². The number of fused-ring (bicyclic) bond motifs is 2. The topological polar surface area (TPSA) is 127 Å². The summed E-state index contributed by atoms with van der Waals surface area (Å²) in [5.74, 6) is 0.127. The highest BCUT2D eigenvalue weighted by Gasteiger charge is 2.11. The van der Waals surface area contributed by atoms with Crippen molar-refractivity contribution in [3.05, 3.63) is 42.7 Å². The fourth-order valence-corrected chi connectivity index (χ4v) is 2.48. The van der Waals surface area contributed by atoms with Gasteiger partial charge in [-0.1, -0.05) is 0 Å². The first-order valence-electron chi connectivity index (χ1n) is 7.32. The number of amides is 1. The molecular formula is C15H14N8O. The average Bonchev–Trinajstić information content (AvgIpc) is 3.20. The summed E-state index contributed by atoms with van der Waals surface area (Å²) in [6.07, 6.45) is 4.71. The summed E-state index contributed by atoms with van der Waals surface area (Å²) in [5.41, 5.74) is 8.33. The Morgan fingerprint density at radius 2 is 2.17 bits per heavy atom.